The Hall–Kier alpha value is -2.16. The number of Topliss-reactive ketones (excluding diaryl/α,β-unsaturated/α-hetero) is 1. The first kappa shape index (κ1) is 14.3. The number of ketones is 1. The summed E-state index contributed by atoms with van der Waals surface area (Å²) in [7, 11) is 0. The minimum absolute atomic E-state index is 0.0259. The van der Waals surface area contributed by atoms with E-state index in [9.17, 15) is 9.59 Å². The zero-order valence-corrected chi connectivity index (χ0v) is 12.4. The molecule has 0 N–H and O–H groups in total. The minimum Gasteiger partial charge on any atom is -0.305 e. The van der Waals surface area contributed by atoms with Crippen LogP contribution in [0.5, 0.6) is 0 Å². The number of carbonyl (C=O) groups excluding carboxylic acids is 1. The second-order valence-electron chi connectivity index (χ2n) is 5.27. The van der Waals surface area contributed by atoms with Crippen LogP contribution in [0.15, 0.2) is 35.1 Å². The summed E-state index contributed by atoms with van der Waals surface area (Å²) in [6, 6.07) is 8.95. The molecule has 0 unspecified atom stereocenters. The Labute approximate surface area is 118 Å². The lowest BCUT2D eigenvalue weighted by atomic mass is 9.98. The van der Waals surface area contributed by atoms with Crippen molar-refractivity contribution in [3.05, 3.63) is 68.6 Å². The summed E-state index contributed by atoms with van der Waals surface area (Å²) in [4.78, 5) is 24.3. The molecule has 20 heavy (non-hydrogen) atoms. The van der Waals surface area contributed by atoms with Crippen molar-refractivity contribution in [3.8, 4) is 0 Å². The number of rotatable bonds is 3. The minimum atomic E-state index is -0.139. The van der Waals surface area contributed by atoms with Crippen LogP contribution < -0.4 is 5.56 Å². The Balaban J connectivity index is 2.39. The van der Waals surface area contributed by atoms with Gasteiger partial charge in [0.15, 0.2) is 5.78 Å². The van der Waals surface area contributed by atoms with Crippen LogP contribution in [0.3, 0.4) is 0 Å². The Morgan fingerprint density at radius 2 is 1.65 bits per heavy atom. The Kier molecular flexibility index (Phi) is 3.89. The highest BCUT2D eigenvalue weighted by Crippen LogP contribution is 2.16. The summed E-state index contributed by atoms with van der Waals surface area (Å²) in [5, 5.41) is 0. The van der Waals surface area contributed by atoms with E-state index >= 15 is 0 Å². The molecule has 0 aliphatic carbocycles. The molecule has 1 aromatic heterocycles. The van der Waals surface area contributed by atoms with Crippen molar-refractivity contribution in [2.24, 2.45) is 0 Å². The first-order chi connectivity index (χ1) is 9.40. The molecule has 0 radical (unpaired) electrons. The smallest absolute Gasteiger partial charge is 0.251 e. The lowest BCUT2D eigenvalue weighted by molar-refractivity contribution is 0.0969. The molecule has 0 bridgehead atoms. The molecular weight excluding hydrogens is 250 g/mol. The third kappa shape index (κ3) is 2.72. The number of benzene rings is 1. The number of carbonyl (C=O) groups is 1. The van der Waals surface area contributed by atoms with Crippen LogP contribution in [0, 0.1) is 27.7 Å². The van der Waals surface area contributed by atoms with Crippen molar-refractivity contribution in [2.45, 2.75) is 34.2 Å². The van der Waals surface area contributed by atoms with Crippen molar-refractivity contribution >= 4 is 5.78 Å². The van der Waals surface area contributed by atoms with Crippen LogP contribution in [0.1, 0.15) is 32.7 Å². The number of aromatic nitrogens is 1. The molecule has 2 aromatic rings. The van der Waals surface area contributed by atoms with E-state index in [4.69, 9.17) is 0 Å². The maximum absolute atomic E-state index is 12.4. The fourth-order valence-corrected chi connectivity index (χ4v) is 2.32. The van der Waals surface area contributed by atoms with Gasteiger partial charge in [0.05, 0.1) is 6.54 Å². The first-order valence-corrected chi connectivity index (χ1v) is 6.67. The molecule has 0 spiro atoms. The van der Waals surface area contributed by atoms with Crippen molar-refractivity contribution in [1.82, 2.24) is 4.57 Å². The van der Waals surface area contributed by atoms with Gasteiger partial charge in [0.2, 0.25) is 0 Å². The normalized spacial score (nSPS) is 10.6. The van der Waals surface area contributed by atoms with Gasteiger partial charge in [-0.25, -0.2) is 0 Å². The molecule has 0 saturated carbocycles. The molecule has 3 nitrogen and oxygen atoms in total. The predicted octanol–water partition coefficient (Wildman–Crippen LogP) is 2.96. The van der Waals surface area contributed by atoms with Gasteiger partial charge < -0.3 is 4.57 Å². The molecule has 3 heteroatoms. The Morgan fingerprint density at radius 3 is 2.30 bits per heavy atom. The van der Waals surface area contributed by atoms with E-state index in [1.165, 1.54) is 16.2 Å². The number of hydrogen-bond acceptors (Lipinski definition) is 2. The fourth-order valence-electron chi connectivity index (χ4n) is 2.32. The Morgan fingerprint density at radius 1 is 1.00 bits per heavy atom. The van der Waals surface area contributed by atoms with Crippen LogP contribution in [-0.4, -0.2) is 10.4 Å². The molecule has 1 heterocycles. The summed E-state index contributed by atoms with van der Waals surface area (Å²) in [5.41, 5.74) is 4.58. The lowest BCUT2D eigenvalue weighted by Crippen LogP contribution is -2.25. The molecule has 0 aliphatic rings. The third-order valence-electron chi connectivity index (χ3n) is 3.71. The van der Waals surface area contributed by atoms with Crippen LogP contribution in [-0.2, 0) is 6.54 Å². The monoisotopic (exact) mass is 269 g/mol. The molecule has 1 aromatic carbocycles. The Bertz CT molecular complexity index is 726. The van der Waals surface area contributed by atoms with Crippen LogP contribution in [0.2, 0.25) is 0 Å². The van der Waals surface area contributed by atoms with Gasteiger partial charge in [0.1, 0.15) is 0 Å². The summed E-state index contributed by atoms with van der Waals surface area (Å²) in [5.74, 6) is -0.0259. The molecule has 0 atom stereocenters. The van der Waals surface area contributed by atoms with Crippen molar-refractivity contribution in [1.29, 1.82) is 0 Å². The number of pyridine rings is 1. The van der Waals surface area contributed by atoms with Crippen molar-refractivity contribution in [2.75, 3.05) is 0 Å². The average molecular weight is 269 g/mol. The predicted molar refractivity (Wildman–Crippen MR) is 80.4 cm³/mol. The van der Waals surface area contributed by atoms with E-state index in [1.54, 1.807) is 6.07 Å². The third-order valence-corrected chi connectivity index (χ3v) is 3.71. The van der Waals surface area contributed by atoms with Gasteiger partial charge in [-0.15, -0.1) is 0 Å². The number of hydrogen-bond donors (Lipinski definition) is 0. The SMILES string of the molecule is Cc1cc(C)c(C(=O)Cn2c(C)cccc2=O)cc1C. The first-order valence-electron chi connectivity index (χ1n) is 6.67. The van der Waals surface area contributed by atoms with Gasteiger partial charge in [0, 0.05) is 17.3 Å². The van der Waals surface area contributed by atoms with Gasteiger partial charge in [-0.05, 0) is 56.5 Å². The molecule has 104 valence electrons. The molecular formula is C17H19NO2. The molecule has 0 amide bonds. The fraction of sp³-hybridized carbons (Fsp3) is 0.294. The van der Waals surface area contributed by atoms with Crippen LogP contribution in [0.25, 0.3) is 0 Å². The van der Waals surface area contributed by atoms with Gasteiger partial charge in [0.25, 0.3) is 5.56 Å². The van der Waals surface area contributed by atoms with E-state index in [1.807, 2.05) is 45.9 Å². The summed E-state index contributed by atoms with van der Waals surface area (Å²) in [6.07, 6.45) is 0. The zero-order chi connectivity index (χ0) is 14.9. The molecule has 2 rings (SSSR count). The maximum atomic E-state index is 12.4. The quantitative estimate of drug-likeness (QED) is 0.804. The summed E-state index contributed by atoms with van der Waals surface area (Å²) < 4.78 is 1.51. The number of nitrogens with zero attached hydrogens (tertiary/aromatic N) is 1. The van der Waals surface area contributed by atoms with Crippen LogP contribution in [0.4, 0.5) is 0 Å². The highest BCUT2D eigenvalue weighted by Gasteiger charge is 2.13. The second-order valence-corrected chi connectivity index (χ2v) is 5.27. The number of aryl methyl sites for hydroxylation is 4. The summed E-state index contributed by atoms with van der Waals surface area (Å²) >= 11 is 0. The van der Waals surface area contributed by atoms with E-state index < -0.39 is 0 Å². The highest BCUT2D eigenvalue weighted by molar-refractivity contribution is 5.97. The van der Waals surface area contributed by atoms with Gasteiger partial charge in [-0.2, -0.15) is 0 Å². The molecule has 0 aliphatic heterocycles. The van der Waals surface area contributed by atoms with E-state index in [0.717, 1.165) is 16.8 Å². The summed E-state index contributed by atoms with van der Waals surface area (Å²) in [6.45, 7) is 7.88. The molecule has 0 saturated heterocycles. The van der Waals surface area contributed by atoms with E-state index in [2.05, 4.69) is 0 Å². The molecule has 0 fully saturated rings. The van der Waals surface area contributed by atoms with E-state index in [0.29, 0.717) is 5.56 Å². The highest BCUT2D eigenvalue weighted by atomic mass is 16.1. The van der Waals surface area contributed by atoms with E-state index in [-0.39, 0.29) is 17.9 Å². The van der Waals surface area contributed by atoms with Gasteiger partial charge in [-0.1, -0.05) is 12.1 Å². The van der Waals surface area contributed by atoms with Crippen molar-refractivity contribution < 1.29 is 4.79 Å². The largest absolute Gasteiger partial charge is 0.305 e. The second kappa shape index (κ2) is 5.45. The maximum Gasteiger partial charge on any atom is 0.251 e. The average Bonchev–Trinajstić information content (AvgIpc) is 2.38. The van der Waals surface area contributed by atoms with Gasteiger partial charge >= 0.3 is 0 Å². The van der Waals surface area contributed by atoms with Crippen LogP contribution >= 0.6 is 0 Å². The topological polar surface area (TPSA) is 39.1 Å². The van der Waals surface area contributed by atoms with Gasteiger partial charge in [-0.3, -0.25) is 9.59 Å². The zero-order valence-electron chi connectivity index (χ0n) is 12.4. The standard InChI is InChI=1S/C17H19NO2/c1-11-8-13(3)15(9-12(11)2)16(19)10-18-14(4)6-5-7-17(18)20/h5-9H,10H2,1-4H3. The van der Waals surface area contributed by atoms with Crippen molar-refractivity contribution in [3.63, 3.8) is 0 Å². The lowest BCUT2D eigenvalue weighted by Gasteiger charge is -2.12.